The SMILES string of the molecule is CC(Cc1ccc(O)cc1)N1CC(CC(=O)O)C1. The van der Waals surface area contributed by atoms with Crippen LogP contribution in [0, 0.1) is 5.92 Å². The predicted octanol–water partition coefficient (Wildman–Crippen LogP) is 1.73. The smallest absolute Gasteiger partial charge is 0.303 e. The molecule has 0 aromatic heterocycles. The molecular weight excluding hydrogens is 230 g/mol. The van der Waals surface area contributed by atoms with Gasteiger partial charge in [-0.05, 0) is 37.0 Å². The molecule has 1 aliphatic heterocycles. The highest BCUT2D eigenvalue weighted by Crippen LogP contribution is 2.23. The molecule has 0 bridgehead atoms. The first kappa shape index (κ1) is 12.9. The standard InChI is InChI=1S/C14H19NO3/c1-10(6-11-2-4-13(16)5-3-11)15-8-12(9-15)7-14(17)18/h2-5,10,12,16H,6-9H2,1H3,(H,17,18). The lowest BCUT2D eigenvalue weighted by Gasteiger charge is -2.42. The Morgan fingerprint density at radius 1 is 1.39 bits per heavy atom. The van der Waals surface area contributed by atoms with Gasteiger partial charge in [0.15, 0.2) is 0 Å². The average Bonchev–Trinajstić information content (AvgIpc) is 2.25. The van der Waals surface area contributed by atoms with Crippen molar-refractivity contribution in [3.63, 3.8) is 0 Å². The van der Waals surface area contributed by atoms with Crippen LogP contribution in [-0.4, -0.2) is 40.2 Å². The molecule has 18 heavy (non-hydrogen) atoms. The van der Waals surface area contributed by atoms with E-state index in [0.717, 1.165) is 19.5 Å². The predicted molar refractivity (Wildman–Crippen MR) is 68.6 cm³/mol. The summed E-state index contributed by atoms with van der Waals surface area (Å²) in [6.07, 6.45) is 1.21. The third kappa shape index (κ3) is 3.23. The van der Waals surface area contributed by atoms with Crippen LogP contribution in [0.15, 0.2) is 24.3 Å². The maximum absolute atomic E-state index is 10.6. The average molecular weight is 249 g/mol. The molecule has 4 heteroatoms. The summed E-state index contributed by atoms with van der Waals surface area (Å²) in [5.74, 6) is -0.104. The van der Waals surface area contributed by atoms with Crippen LogP contribution < -0.4 is 0 Å². The van der Waals surface area contributed by atoms with Gasteiger partial charge in [0.05, 0.1) is 6.42 Å². The Labute approximate surface area is 107 Å². The molecule has 1 aromatic rings. The summed E-state index contributed by atoms with van der Waals surface area (Å²) in [4.78, 5) is 12.9. The van der Waals surface area contributed by atoms with Gasteiger partial charge in [-0.3, -0.25) is 9.69 Å². The van der Waals surface area contributed by atoms with Crippen LogP contribution in [0.5, 0.6) is 5.75 Å². The zero-order valence-electron chi connectivity index (χ0n) is 10.5. The summed E-state index contributed by atoms with van der Waals surface area (Å²) in [5, 5.41) is 17.9. The van der Waals surface area contributed by atoms with Gasteiger partial charge in [-0.1, -0.05) is 12.1 Å². The number of nitrogens with zero attached hydrogens (tertiary/aromatic N) is 1. The second-order valence-electron chi connectivity index (χ2n) is 5.14. The molecule has 0 amide bonds. The Balaban J connectivity index is 1.78. The third-order valence-corrected chi connectivity index (χ3v) is 3.54. The molecule has 2 rings (SSSR count). The van der Waals surface area contributed by atoms with Gasteiger partial charge in [-0.2, -0.15) is 0 Å². The minimum absolute atomic E-state index is 0.280. The molecule has 0 spiro atoms. The number of likely N-dealkylation sites (tertiary alicyclic amines) is 1. The minimum Gasteiger partial charge on any atom is -0.508 e. The zero-order chi connectivity index (χ0) is 13.1. The Bertz CT molecular complexity index is 410. The third-order valence-electron chi connectivity index (χ3n) is 3.54. The van der Waals surface area contributed by atoms with Crippen molar-refractivity contribution in [3.05, 3.63) is 29.8 Å². The highest BCUT2D eigenvalue weighted by molar-refractivity contribution is 5.67. The minimum atomic E-state index is -0.703. The summed E-state index contributed by atoms with van der Waals surface area (Å²) < 4.78 is 0. The van der Waals surface area contributed by atoms with E-state index < -0.39 is 5.97 Å². The molecule has 1 fully saturated rings. The number of rotatable bonds is 5. The van der Waals surface area contributed by atoms with Crippen molar-refractivity contribution < 1.29 is 15.0 Å². The van der Waals surface area contributed by atoms with Crippen LogP contribution in [0.2, 0.25) is 0 Å². The topological polar surface area (TPSA) is 60.8 Å². The molecule has 1 aliphatic rings. The number of phenolic OH excluding ortho intramolecular Hbond substituents is 1. The van der Waals surface area contributed by atoms with Crippen molar-refractivity contribution in [1.82, 2.24) is 4.90 Å². The van der Waals surface area contributed by atoms with Crippen LogP contribution in [0.3, 0.4) is 0 Å². The molecule has 2 N–H and O–H groups in total. The van der Waals surface area contributed by atoms with Crippen molar-refractivity contribution in [2.24, 2.45) is 5.92 Å². The fourth-order valence-electron chi connectivity index (χ4n) is 2.45. The van der Waals surface area contributed by atoms with E-state index in [9.17, 15) is 9.90 Å². The van der Waals surface area contributed by atoms with Gasteiger partial charge in [0.2, 0.25) is 0 Å². The van der Waals surface area contributed by atoms with Gasteiger partial charge in [0, 0.05) is 19.1 Å². The molecule has 1 saturated heterocycles. The number of hydrogen-bond donors (Lipinski definition) is 2. The van der Waals surface area contributed by atoms with E-state index in [1.54, 1.807) is 12.1 Å². The summed E-state index contributed by atoms with van der Waals surface area (Å²) in [6.45, 7) is 3.92. The molecule has 1 aromatic carbocycles. The molecule has 1 heterocycles. The first-order valence-corrected chi connectivity index (χ1v) is 6.28. The fraction of sp³-hybridized carbons (Fsp3) is 0.500. The van der Waals surface area contributed by atoms with Gasteiger partial charge < -0.3 is 10.2 Å². The van der Waals surface area contributed by atoms with Gasteiger partial charge in [0.1, 0.15) is 5.75 Å². The highest BCUT2D eigenvalue weighted by atomic mass is 16.4. The van der Waals surface area contributed by atoms with Gasteiger partial charge in [0.25, 0.3) is 0 Å². The molecule has 1 atom stereocenters. The molecule has 0 radical (unpaired) electrons. The largest absolute Gasteiger partial charge is 0.508 e. The highest BCUT2D eigenvalue weighted by Gasteiger charge is 2.31. The van der Waals surface area contributed by atoms with Crippen molar-refractivity contribution in [3.8, 4) is 5.75 Å². The van der Waals surface area contributed by atoms with Crippen LogP contribution in [0.4, 0.5) is 0 Å². The number of aliphatic carboxylic acids is 1. The summed E-state index contributed by atoms with van der Waals surface area (Å²) >= 11 is 0. The first-order valence-electron chi connectivity index (χ1n) is 6.28. The first-order chi connectivity index (χ1) is 8.54. The number of phenols is 1. The number of aromatic hydroxyl groups is 1. The van der Waals surface area contributed by atoms with E-state index in [0.29, 0.717) is 12.0 Å². The van der Waals surface area contributed by atoms with Crippen molar-refractivity contribution in [2.45, 2.75) is 25.8 Å². The maximum atomic E-state index is 10.6. The van der Waals surface area contributed by atoms with Gasteiger partial charge >= 0.3 is 5.97 Å². The van der Waals surface area contributed by atoms with E-state index in [1.165, 1.54) is 5.56 Å². The Morgan fingerprint density at radius 2 is 2.00 bits per heavy atom. The van der Waals surface area contributed by atoms with E-state index in [4.69, 9.17) is 5.11 Å². The monoisotopic (exact) mass is 249 g/mol. The molecule has 1 unspecified atom stereocenters. The number of carboxylic acid groups (broad SMARTS) is 1. The summed E-state index contributed by atoms with van der Waals surface area (Å²) in [7, 11) is 0. The second-order valence-corrected chi connectivity index (χ2v) is 5.14. The van der Waals surface area contributed by atoms with E-state index >= 15 is 0 Å². The second kappa shape index (κ2) is 5.40. The van der Waals surface area contributed by atoms with Crippen LogP contribution in [-0.2, 0) is 11.2 Å². The number of carboxylic acids is 1. The van der Waals surface area contributed by atoms with Gasteiger partial charge in [-0.25, -0.2) is 0 Å². The van der Waals surface area contributed by atoms with Crippen molar-refractivity contribution >= 4 is 5.97 Å². The van der Waals surface area contributed by atoms with E-state index in [1.807, 2.05) is 12.1 Å². The lowest BCUT2D eigenvalue weighted by atomic mass is 9.93. The maximum Gasteiger partial charge on any atom is 0.303 e. The fourth-order valence-corrected chi connectivity index (χ4v) is 2.45. The Hall–Kier alpha value is -1.55. The molecular formula is C14H19NO3. The lowest BCUT2D eigenvalue weighted by molar-refractivity contribution is -0.139. The van der Waals surface area contributed by atoms with Gasteiger partial charge in [-0.15, -0.1) is 0 Å². The van der Waals surface area contributed by atoms with E-state index in [2.05, 4.69) is 11.8 Å². The Kier molecular flexibility index (Phi) is 3.87. The van der Waals surface area contributed by atoms with Crippen LogP contribution in [0.1, 0.15) is 18.9 Å². The van der Waals surface area contributed by atoms with Crippen LogP contribution >= 0.6 is 0 Å². The number of carbonyl (C=O) groups is 1. The van der Waals surface area contributed by atoms with Crippen LogP contribution in [0.25, 0.3) is 0 Å². The quantitative estimate of drug-likeness (QED) is 0.834. The molecule has 4 nitrogen and oxygen atoms in total. The summed E-state index contributed by atoms with van der Waals surface area (Å²) in [6, 6.07) is 7.68. The Morgan fingerprint density at radius 3 is 2.56 bits per heavy atom. The van der Waals surface area contributed by atoms with Crippen molar-refractivity contribution in [2.75, 3.05) is 13.1 Å². The number of benzene rings is 1. The zero-order valence-corrected chi connectivity index (χ0v) is 10.5. The molecule has 0 aliphatic carbocycles. The number of hydrogen-bond acceptors (Lipinski definition) is 3. The normalized spacial score (nSPS) is 18.3. The molecule has 0 saturated carbocycles. The van der Waals surface area contributed by atoms with Crippen molar-refractivity contribution in [1.29, 1.82) is 0 Å². The molecule has 98 valence electrons. The lowest BCUT2D eigenvalue weighted by Crippen LogP contribution is -2.52. The summed E-state index contributed by atoms with van der Waals surface area (Å²) in [5.41, 5.74) is 1.20. The van der Waals surface area contributed by atoms with E-state index in [-0.39, 0.29) is 12.2 Å².